The molecule has 1 aromatic rings. The summed E-state index contributed by atoms with van der Waals surface area (Å²) in [5.74, 6) is 0.356. The van der Waals surface area contributed by atoms with E-state index in [0.29, 0.717) is 24.0 Å². The number of carbonyl (C=O) groups is 1. The molecule has 1 amide bonds. The number of nitrogens with zero attached hydrogens (tertiary/aromatic N) is 1. The molecule has 1 aliphatic heterocycles. The van der Waals surface area contributed by atoms with Gasteiger partial charge in [-0.05, 0) is 44.9 Å². The van der Waals surface area contributed by atoms with Gasteiger partial charge in [-0.25, -0.2) is 4.98 Å². The molecule has 0 bridgehead atoms. The zero-order chi connectivity index (χ0) is 13.8. The quantitative estimate of drug-likeness (QED) is 0.855. The molecule has 1 saturated heterocycles. The number of amides is 1. The standard InChI is InChI=1S/C14H21N3O2/c1-9-6-10(2)17-14(12(9)13(15)18)19-8-11-4-3-5-16-7-11/h6,11,16H,3-5,7-8H2,1-2H3,(H2,15,18). The van der Waals surface area contributed by atoms with Crippen molar-refractivity contribution in [3.8, 4) is 5.88 Å². The molecule has 1 atom stereocenters. The van der Waals surface area contributed by atoms with E-state index in [1.54, 1.807) is 0 Å². The van der Waals surface area contributed by atoms with Gasteiger partial charge in [0.15, 0.2) is 0 Å². The van der Waals surface area contributed by atoms with Crippen molar-refractivity contribution in [3.63, 3.8) is 0 Å². The fourth-order valence-corrected chi connectivity index (χ4v) is 2.47. The monoisotopic (exact) mass is 263 g/mol. The van der Waals surface area contributed by atoms with Crippen molar-refractivity contribution in [1.29, 1.82) is 0 Å². The van der Waals surface area contributed by atoms with Crippen molar-refractivity contribution in [1.82, 2.24) is 10.3 Å². The normalized spacial score (nSPS) is 19.2. The molecule has 0 spiro atoms. The minimum absolute atomic E-state index is 0.371. The zero-order valence-corrected chi connectivity index (χ0v) is 11.5. The molecule has 0 aliphatic carbocycles. The van der Waals surface area contributed by atoms with Crippen LogP contribution >= 0.6 is 0 Å². The highest BCUT2D eigenvalue weighted by atomic mass is 16.5. The molecule has 2 heterocycles. The Hall–Kier alpha value is -1.62. The highest BCUT2D eigenvalue weighted by molar-refractivity contribution is 5.96. The minimum atomic E-state index is -0.484. The number of nitrogens with one attached hydrogen (secondary N) is 1. The zero-order valence-electron chi connectivity index (χ0n) is 11.5. The van der Waals surface area contributed by atoms with E-state index in [2.05, 4.69) is 10.3 Å². The lowest BCUT2D eigenvalue weighted by Crippen LogP contribution is -2.33. The van der Waals surface area contributed by atoms with Gasteiger partial charge in [-0.2, -0.15) is 0 Å². The van der Waals surface area contributed by atoms with Gasteiger partial charge in [0.05, 0.1) is 6.61 Å². The van der Waals surface area contributed by atoms with Gasteiger partial charge in [0.25, 0.3) is 5.91 Å². The van der Waals surface area contributed by atoms with Gasteiger partial charge in [0.2, 0.25) is 5.88 Å². The summed E-state index contributed by atoms with van der Waals surface area (Å²) in [5, 5.41) is 3.34. The molecule has 1 unspecified atom stereocenters. The van der Waals surface area contributed by atoms with Crippen LogP contribution in [-0.4, -0.2) is 30.6 Å². The second-order valence-electron chi connectivity index (χ2n) is 5.15. The van der Waals surface area contributed by atoms with Crippen LogP contribution in [0, 0.1) is 19.8 Å². The number of hydrogen-bond acceptors (Lipinski definition) is 4. The van der Waals surface area contributed by atoms with Crippen molar-refractivity contribution >= 4 is 5.91 Å². The number of carbonyl (C=O) groups excluding carboxylic acids is 1. The van der Waals surface area contributed by atoms with Crippen molar-refractivity contribution < 1.29 is 9.53 Å². The lowest BCUT2D eigenvalue weighted by atomic mass is 10.0. The Bertz CT molecular complexity index is 468. The van der Waals surface area contributed by atoms with Gasteiger partial charge >= 0.3 is 0 Å². The summed E-state index contributed by atoms with van der Waals surface area (Å²) in [4.78, 5) is 15.8. The summed E-state index contributed by atoms with van der Waals surface area (Å²) in [6, 6.07) is 1.84. The van der Waals surface area contributed by atoms with Gasteiger partial charge in [-0.15, -0.1) is 0 Å². The molecule has 5 heteroatoms. The van der Waals surface area contributed by atoms with Crippen LogP contribution in [0.25, 0.3) is 0 Å². The van der Waals surface area contributed by atoms with Gasteiger partial charge < -0.3 is 15.8 Å². The van der Waals surface area contributed by atoms with E-state index >= 15 is 0 Å². The van der Waals surface area contributed by atoms with Gasteiger partial charge in [0, 0.05) is 18.2 Å². The van der Waals surface area contributed by atoms with E-state index in [0.717, 1.165) is 37.2 Å². The second kappa shape index (κ2) is 6.02. The van der Waals surface area contributed by atoms with Crippen LogP contribution in [0.15, 0.2) is 6.07 Å². The first kappa shape index (κ1) is 13.8. The number of aryl methyl sites for hydroxylation is 2. The number of hydrogen-bond donors (Lipinski definition) is 2. The van der Waals surface area contributed by atoms with Crippen molar-refractivity contribution in [2.45, 2.75) is 26.7 Å². The molecular weight excluding hydrogens is 242 g/mol. The topological polar surface area (TPSA) is 77.2 Å². The molecule has 19 heavy (non-hydrogen) atoms. The van der Waals surface area contributed by atoms with Crippen LogP contribution in [0.3, 0.4) is 0 Å². The number of piperidine rings is 1. The number of rotatable bonds is 4. The predicted molar refractivity (Wildman–Crippen MR) is 73.3 cm³/mol. The van der Waals surface area contributed by atoms with Crippen LogP contribution in [0.5, 0.6) is 5.88 Å². The first-order valence-electron chi connectivity index (χ1n) is 6.69. The SMILES string of the molecule is Cc1cc(C)c(C(N)=O)c(OCC2CCCNC2)n1. The van der Waals surface area contributed by atoms with Crippen molar-refractivity contribution in [2.24, 2.45) is 11.7 Å². The third-order valence-electron chi connectivity index (χ3n) is 3.41. The molecule has 0 aromatic carbocycles. The Kier molecular flexibility index (Phi) is 4.37. The number of ether oxygens (including phenoxy) is 1. The Morgan fingerprint density at radius 1 is 1.58 bits per heavy atom. The lowest BCUT2D eigenvalue weighted by molar-refractivity contribution is 0.0993. The molecular formula is C14H21N3O2. The first-order chi connectivity index (χ1) is 9.08. The van der Waals surface area contributed by atoms with Gasteiger partial charge in [-0.1, -0.05) is 0 Å². The van der Waals surface area contributed by atoms with E-state index in [9.17, 15) is 4.79 Å². The molecule has 3 N–H and O–H groups in total. The Morgan fingerprint density at radius 2 is 2.37 bits per heavy atom. The average molecular weight is 263 g/mol. The van der Waals surface area contributed by atoms with Crippen LogP contribution < -0.4 is 15.8 Å². The van der Waals surface area contributed by atoms with E-state index in [1.165, 1.54) is 0 Å². The van der Waals surface area contributed by atoms with Crippen LogP contribution in [0.2, 0.25) is 0 Å². The molecule has 1 aliphatic rings. The summed E-state index contributed by atoms with van der Waals surface area (Å²) >= 11 is 0. The summed E-state index contributed by atoms with van der Waals surface area (Å²) in [7, 11) is 0. The Balaban J connectivity index is 2.12. The highest BCUT2D eigenvalue weighted by Crippen LogP contribution is 2.21. The van der Waals surface area contributed by atoms with Crippen LogP contribution in [0.1, 0.15) is 34.5 Å². The summed E-state index contributed by atoms with van der Waals surface area (Å²) < 4.78 is 5.75. The number of pyridine rings is 1. The highest BCUT2D eigenvalue weighted by Gasteiger charge is 2.18. The summed E-state index contributed by atoms with van der Waals surface area (Å²) in [6.45, 7) is 6.33. The predicted octanol–water partition coefficient (Wildman–Crippen LogP) is 1.18. The maximum absolute atomic E-state index is 11.5. The minimum Gasteiger partial charge on any atom is -0.477 e. The Morgan fingerprint density at radius 3 is 3.00 bits per heavy atom. The van der Waals surface area contributed by atoms with Crippen LogP contribution in [-0.2, 0) is 0 Å². The van der Waals surface area contributed by atoms with Crippen molar-refractivity contribution in [2.75, 3.05) is 19.7 Å². The molecule has 0 radical (unpaired) electrons. The number of aromatic nitrogens is 1. The number of primary amides is 1. The molecule has 5 nitrogen and oxygen atoms in total. The second-order valence-corrected chi connectivity index (χ2v) is 5.15. The summed E-state index contributed by atoms with van der Waals surface area (Å²) in [6.07, 6.45) is 2.31. The molecule has 1 fully saturated rings. The molecule has 0 saturated carbocycles. The molecule has 104 valence electrons. The smallest absolute Gasteiger partial charge is 0.254 e. The summed E-state index contributed by atoms with van der Waals surface area (Å²) in [5.41, 5.74) is 7.45. The fraction of sp³-hybridized carbons (Fsp3) is 0.571. The average Bonchev–Trinajstić information content (AvgIpc) is 2.36. The lowest BCUT2D eigenvalue weighted by Gasteiger charge is -2.23. The van der Waals surface area contributed by atoms with Crippen molar-refractivity contribution in [3.05, 3.63) is 22.9 Å². The van der Waals surface area contributed by atoms with Crippen LogP contribution in [0.4, 0.5) is 0 Å². The third kappa shape index (κ3) is 3.44. The Labute approximate surface area is 113 Å². The molecule has 2 rings (SSSR count). The largest absolute Gasteiger partial charge is 0.477 e. The fourth-order valence-electron chi connectivity index (χ4n) is 2.47. The number of nitrogens with two attached hydrogens (primary N) is 1. The van der Waals surface area contributed by atoms with E-state index in [4.69, 9.17) is 10.5 Å². The van der Waals surface area contributed by atoms with Gasteiger partial charge in [-0.3, -0.25) is 4.79 Å². The molecule has 1 aromatic heterocycles. The first-order valence-corrected chi connectivity index (χ1v) is 6.69. The van der Waals surface area contributed by atoms with E-state index < -0.39 is 5.91 Å². The maximum atomic E-state index is 11.5. The van der Waals surface area contributed by atoms with E-state index in [1.807, 2.05) is 19.9 Å². The third-order valence-corrected chi connectivity index (χ3v) is 3.41. The van der Waals surface area contributed by atoms with Gasteiger partial charge in [0.1, 0.15) is 5.56 Å². The van der Waals surface area contributed by atoms with E-state index in [-0.39, 0.29) is 0 Å². The maximum Gasteiger partial charge on any atom is 0.254 e.